The van der Waals surface area contributed by atoms with Crippen LogP contribution < -0.4 is 9.80 Å². The minimum atomic E-state index is 0.00647. The maximum Gasteiger partial charge on any atom is 0.182 e. The average Bonchev–Trinajstić information content (AvgIpc) is 3.28. The predicted octanol–water partition coefficient (Wildman–Crippen LogP) is 2.41. The van der Waals surface area contributed by atoms with E-state index in [4.69, 9.17) is 10.1 Å². The third kappa shape index (κ3) is 3.26. The molecular weight excluding hydrogens is 366 g/mol. The van der Waals surface area contributed by atoms with Gasteiger partial charge in [0.15, 0.2) is 17.1 Å². The normalized spacial score (nSPS) is 16.0. The molecule has 29 heavy (non-hydrogen) atoms. The Morgan fingerprint density at radius 3 is 2.66 bits per heavy atom. The lowest BCUT2D eigenvalue weighted by atomic mass is 9.93. The average molecular weight is 391 g/mol. The van der Waals surface area contributed by atoms with Gasteiger partial charge in [-0.2, -0.15) is 0 Å². The number of hydrogen-bond donors (Lipinski definition) is 1. The lowest BCUT2D eigenvalue weighted by Gasteiger charge is -2.23. The maximum atomic E-state index is 4.83. The second-order valence-corrected chi connectivity index (χ2v) is 8.50. The molecule has 0 unspecified atom stereocenters. The van der Waals surface area contributed by atoms with Gasteiger partial charge < -0.3 is 14.8 Å². The van der Waals surface area contributed by atoms with E-state index in [1.165, 1.54) is 0 Å². The fraction of sp³-hybridized carbons (Fsp3) is 0.450. The summed E-state index contributed by atoms with van der Waals surface area (Å²) in [6.07, 6.45) is 6.32. The van der Waals surface area contributed by atoms with Crippen molar-refractivity contribution in [1.82, 2.24) is 34.5 Å². The Hall–Kier alpha value is -3.23. The van der Waals surface area contributed by atoms with Crippen LogP contribution in [0, 0.1) is 0 Å². The Morgan fingerprint density at radius 1 is 0.966 bits per heavy atom. The van der Waals surface area contributed by atoms with Gasteiger partial charge in [-0.3, -0.25) is 0 Å². The van der Waals surface area contributed by atoms with Gasteiger partial charge in [0.05, 0.1) is 18.2 Å². The molecule has 0 spiro atoms. The first-order valence-electron chi connectivity index (χ1n) is 10.00. The molecule has 0 aromatic carbocycles. The number of nitrogens with one attached hydrogen (secondary N) is 1. The Balaban J connectivity index is 1.38. The molecular formula is C20H25N9. The zero-order valence-corrected chi connectivity index (χ0v) is 17.0. The van der Waals surface area contributed by atoms with Gasteiger partial charge in [0.2, 0.25) is 0 Å². The van der Waals surface area contributed by atoms with E-state index in [-0.39, 0.29) is 5.41 Å². The van der Waals surface area contributed by atoms with E-state index in [1.807, 2.05) is 10.7 Å². The fourth-order valence-electron chi connectivity index (χ4n) is 3.75. The van der Waals surface area contributed by atoms with Crippen LogP contribution in [0.3, 0.4) is 0 Å². The van der Waals surface area contributed by atoms with Gasteiger partial charge in [-0.25, -0.2) is 24.5 Å². The molecule has 1 saturated heterocycles. The van der Waals surface area contributed by atoms with Crippen molar-refractivity contribution in [2.75, 3.05) is 36.0 Å². The van der Waals surface area contributed by atoms with Crippen molar-refractivity contribution in [2.24, 2.45) is 0 Å². The van der Waals surface area contributed by atoms with Crippen molar-refractivity contribution in [1.29, 1.82) is 0 Å². The van der Waals surface area contributed by atoms with Crippen LogP contribution in [0.5, 0.6) is 0 Å². The van der Waals surface area contributed by atoms with E-state index >= 15 is 0 Å². The molecule has 0 saturated carbocycles. The second-order valence-electron chi connectivity index (χ2n) is 8.50. The number of nitrogens with zero attached hydrogens (tertiary/aromatic N) is 8. The van der Waals surface area contributed by atoms with E-state index in [2.05, 4.69) is 62.6 Å². The first-order chi connectivity index (χ1) is 14.0. The topological polar surface area (TPSA) is 91.1 Å². The Labute approximate surface area is 168 Å². The number of aromatic amines is 1. The van der Waals surface area contributed by atoms with Crippen molar-refractivity contribution in [3.05, 3.63) is 36.7 Å². The van der Waals surface area contributed by atoms with Crippen LogP contribution >= 0.6 is 0 Å². The molecule has 0 aliphatic carbocycles. The molecule has 5 rings (SSSR count). The molecule has 4 aromatic heterocycles. The first kappa shape index (κ1) is 17.8. The van der Waals surface area contributed by atoms with Gasteiger partial charge in [0.25, 0.3) is 0 Å². The zero-order chi connectivity index (χ0) is 20.0. The monoisotopic (exact) mass is 391 g/mol. The standard InChI is InChI=1S/C20H25N9/c1-20(2,3)14-11-29-15(25-14)5-6-16(26-29)27-7-4-8-28(10-9-27)19-17-18(22-12-21-17)23-13-24-19/h5-6,11-13H,4,7-10H2,1-3H3,(H,21,22,23,24). The van der Waals surface area contributed by atoms with Crippen molar-refractivity contribution < 1.29 is 0 Å². The smallest absolute Gasteiger partial charge is 0.182 e. The van der Waals surface area contributed by atoms with Crippen LogP contribution in [0.25, 0.3) is 16.8 Å². The maximum absolute atomic E-state index is 4.83. The number of fused-ring (bicyclic) bond motifs is 2. The molecule has 0 bridgehead atoms. The lowest BCUT2D eigenvalue weighted by Crippen LogP contribution is -2.32. The Bertz CT molecular complexity index is 1150. The third-order valence-corrected chi connectivity index (χ3v) is 5.40. The molecule has 0 radical (unpaired) electrons. The minimum absolute atomic E-state index is 0.00647. The summed E-state index contributed by atoms with van der Waals surface area (Å²) >= 11 is 0. The van der Waals surface area contributed by atoms with E-state index in [0.29, 0.717) is 5.65 Å². The summed E-state index contributed by atoms with van der Waals surface area (Å²) in [4.78, 5) is 25.5. The highest BCUT2D eigenvalue weighted by atomic mass is 15.3. The molecule has 9 nitrogen and oxygen atoms in total. The number of aromatic nitrogens is 7. The SMILES string of the molecule is CC(C)(C)c1cn2nc(N3CCCN(c4ncnc5nc[nH]c45)CC3)ccc2n1. The fourth-order valence-corrected chi connectivity index (χ4v) is 3.75. The van der Waals surface area contributed by atoms with E-state index in [0.717, 1.165) is 61.1 Å². The van der Waals surface area contributed by atoms with Crippen LogP contribution in [0.4, 0.5) is 11.6 Å². The molecule has 1 aliphatic rings. The van der Waals surface area contributed by atoms with Crippen molar-refractivity contribution in [2.45, 2.75) is 32.6 Å². The highest BCUT2D eigenvalue weighted by Gasteiger charge is 2.21. The number of imidazole rings is 2. The number of hydrogen-bond acceptors (Lipinski definition) is 7. The summed E-state index contributed by atoms with van der Waals surface area (Å²) in [6.45, 7) is 10.1. The highest BCUT2D eigenvalue weighted by Crippen LogP contribution is 2.24. The quantitative estimate of drug-likeness (QED) is 0.561. The van der Waals surface area contributed by atoms with Crippen LogP contribution in [-0.2, 0) is 5.41 Å². The van der Waals surface area contributed by atoms with Crippen LogP contribution in [0.2, 0.25) is 0 Å². The van der Waals surface area contributed by atoms with Crippen molar-refractivity contribution >= 4 is 28.4 Å². The van der Waals surface area contributed by atoms with Gasteiger partial charge >= 0.3 is 0 Å². The van der Waals surface area contributed by atoms with Crippen molar-refractivity contribution in [3.8, 4) is 0 Å². The summed E-state index contributed by atoms with van der Waals surface area (Å²) in [7, 11) is 0. The molecule has 4 aromatic rings. The minimum Gasteiger partial charge on any atom is -0.353 e. The zero-order valence-electron chi connectivity index (χ0n) is 17.0. The molecule has 1 N–H and O–H groups in total. The molecule has 1 aliphatic heterocycles. The Morgan fingerprint density at radius 2 is 1.79 bits per heavy atom. The van der Waals surface area contributed by atoms with Gasteiger partial charge in [-0.15, -0.1) is 5.10 Å². The summed E-state index contributed by atoms with van der Waals surface area (Å²) in [5, 5.41) is 4.83. The first-order valence-corrected chi connectivity index (χ1v) is 10.00. The summed E-state index contributed by atoms with van der Waals surface area (Å²) in [5.74, 6) is 1.90. The van der Waals surface area contributed by atoms with Gasteiger partial charge in [0, 0.05) is 31.6 Å². The summed E-state index contributed by atoms with van der Waals surface area (Å²) in [5.41, 5.74) is 3.55. The summed E-state index contributed by atoms with van der Waals surface area (Å²) in [6, 6.07) is 4.13. The molecule has 5 heterocycles. The van der Waals surface area contributed by atoms with Crippen molar-refractivity contribution in [3.63, 3.8) is 0 Å². The van der Waals surface area contributed by atoms with Crippen LogP contribution in [0.15, 0.2) is 31.0 Å². The predicted molar refractivity (Wildman–Crippen MR) is 112 cm³/mol. The van der Waals surface area contributed by atoms with Gasteiger partial charge in [-0.05, 0) is 18.6 Å². The van der Waals surface area contributed by atoms with E-state index in [1.54, 1.807) is 12.7 Å². The molecule has 0 amide bonds. The second kappa shape index (κ2) is 6.68. The third-order valence-electron chi connectivity index (χ3n) is 5.40. The lowest BCUT2D eigenvalue weighted by molar-refractivity contribution is 0.572. The van der Waals surface area contributed by atoms with Gasteiger partial charge in [0.1, 0.15) is 17.7 Å². The van der Waals surface area contributed by atoms with E-state index in [9.17, 15) is 0 Å². The highest BCUT2D eigenvalue weighted by molar-refractivity contribution is 5.82. The molecule has 9 heteroatoms. The van der Waals surface area contributed by atoms with E-state index < -0.39 is 0 Å². The molecule has 150 valence electrons. The van der Waals surface area contributed by atoms with Crippen LogP contribution in [0.1, 0.15) is 32.9 Å². The largest absolute Gasteiger partial charge is 0.353 e. The van der Waals surface area contributed by atoms with Gasteiger partial charge in [-0.1, -0.05) is 20.8 Å². The van der Waals surface area contributed by atoms with Crippen LogP contribution in [-0.4, -0.2) is 60.7 Å². The molecule has 1 fully saturated rings. The summed E-state index contributed by atoms with van der Waals surface area (Å²) < 4.78 is 1.90. The molecule has 0 atom stereocenters. The number of anilines is 2. The number of H-pyrrole nitrogens is 1. The number of rotatable bonds is 2. The Kier molecular flexibility index (Phi) is 4.11.